The van der Waals surface area contributed by atoms with Crippen molar-refractivity contribution in [3.05, 3.63) is 88.3 Å². The summed E-state index contributed by atoms with van der Waals surface area (Å²) < 4.78 is 2.96. The molecule has 0 fully saturated rings. The number of nitrogens with one attached hydrogen (secondary N) is 2. The van der Waals surface area contributed by atoms with Crippen molar-refractivity contribution in [2.24, 2.45) is 0 Å². The number of benzene rings is 2. The molecule has 0 aliphatic heterocycles. The first kappa shape index (κ1) is 20.1. The zero-order valence-corrected chi connectivity index (χ0v) is 18.2. The number of hydrogen-bond acceptors (Lipinski definition) is 3. The van der Waals surface area contributed by atoms with E-state index in [-0.39, 0.29) is 6.03 Å². The Hall–Kier alpha value is -3.19. The van der Waals surface area contributed by atoms with Crippen LogP contribution in [0.2, 0.25) is 0 Å². The molecule has 2 aromatic heterocycles. The number of pyridine rings is 1. The highest BCUT2D eigenvalue weighted by Gasteiger charge is 2.13. The number of carbonyl (C=O) groups excluding carboxylic acids is 1. The lowest BCUT2D eigenvalue weighted by atomic mass is 10.1. The Morgan fingerprint density at radius 2 is 1.87 bits per heavy atom. The van der Waals surface area contributed by atoms with Crippen molar-refractivity contribution in [3.8, 4) is 0 Å². The van der Waals surface area contributed by atoms with E-state index in [0.29, 0.717) is 19.5 Å². The van der Waals surface area contributed by atoms with Gasteiger partial charge >= 0.3 is 6.03 Å². The van der Waals surface area contributed by atoms with E-state index >= 15 is 0 Å². The van der Waals surface area contributed by atoms with Crippen LogP contribution in [0.4, 0.5) is 10.5 Å². The third kappa shape index (κ3) is 4.68. The Kier molecular flexibility index (Phi) is 6.09. The molecule has 4 rings (SSSR count). The molecule has 30 heavy (non-hydrogen) atoms. The molecule has 0 atom stereocenters. The molecule has 0 radical (unpaired) electrons. The minimum absolute atomic E-state index is 0.249. The van der Waals surface area contributed by atoms with Crippen LogP contribution in [0.25, 0.3) is 11.2 Å². The highest BCUT2D eigenvalue weighted by Crippen LogP contribution is 2.21. The largest absolute Gasteiger partial charge is 0.337 e. The van der Waals surface area contributed by atoms with Crippen LogP contribution < -0.4 is 10.6 Å². The number of imidazole rings is 1. The lowest BCUT2D eigenvalue weighted by Gasteiger charge is -2.11. The predicted octanol–water partition coefficient (Wildman–Crippen LogP) is 4.91. The first-order valence-corrected chi connectivity index (χ1v) is 10.5. The number of aryl methyl sites for hydroxylation is 1. The Balaban J connectivity index is 1.46. The number of anilines is 1. The summed E-state index contributed by atoms with van der Waals surface area (Å²) in [7, 11) is 0. The van der Waals surface area contributed by atoms with Crippen molar-refractivity contribution in [3.63, 3.8) is 0 Å². The van der Waals surface area contributed by atoms with Gasteiger partial charge in [0, 0.05) is 23.6 Å². The maximum Gasteiger partial charge on any atom is 0.319 e. The molecule has 2 amide bonds. The molecule has 7 heteroatoms. The highest BCUT2D eigenvalue weighted by molar-refractivity contribution is 9.10. The van der Waals surface area contributed by atoms with Gasteiger partial charge in [0.2, 0.25) is 0 Å². The Morgan fingerprint density at radius 3 is 2.67 bits per heavy atom. The van der Waals surface area contributed by atoms with Crippen LogP contribution in [0.5, 0.6) is 0 Å². The summed E-state index contributed by atoms with van der Waals surface area (Å²) in [6, 6.07) is 19.6. The number of urea groups is 1. The highest BCUT2D eigenvalue weighted by atomic mass is 79.9. The molecule has 2 heterocycles. The normalized spacial score (nSPS) is 10.9. The van der Waals surface area contributed by atoms with Crippen LogP contribution in [0.1, 0.15) is 17.0 Å². The van der Waals surface area contributed by atoms with Gasteiger partial charge in [0.25, 0.3) is 0 Å². The average Bonchev–Trinajstić information content (AvgIpc) is 3.09. The number of amides is 2. The molecule has 2 aromatic carbocycles. The minimum atomic E-state index is -0.249. The molecule has 152 valence electrons. The third-order valence-electron chi connectivity index (χ3n) is 4.80. The van der Waals surface area contributed by atoms with Gasteiger partial charge in [-0.2, -0.15) is 0 Å². The van der Waals surface area contributed by atoms with Crippen LogP contribution >= 0.6 is 15.9 Å². The number of nitrogens with zero attached hydrogens (tertiary/aromatic N) is 3. The van der Waals surface area contributed by atoms with Gasteiger partial charge in [0.05, 0.1) is 12.2 Å². The zero-order chi connectivity index (χ0) is 20.9. The van der Waals surface area contributed by atoms with Crippen molar-refractivity contribution in [2.75, 3.05) is 11.9 Å². The van der Waals surface area contributed by atoms with E-state index in [1.54, 1.807) is 6.20 Å². The number of halogens is 1. The summed E-state index contributed by atoms with van der Waals surface area (Å²) >= 11 is 3.43. The van der Waals surface area contributed by atoms with Crippen molar-refractivity contribution in [1.82, 2.24) is 19.9 Å². The second-order valence-electron chi connectivity index (χ2n) is 7.06. The van der Waals surface area contributed by atoms with Crippen molar-refractivity contribution >= 4 is 38.8 Å². The van der Waals surface area contributed by atoms with Gasteiger partial charge in [-0.1, -0.05) is 42.0 Å². The van der Waals surface area contributed by atoms with Crippen LogP contribution in [-0.2, 0) is 13.0 Å². The first-order chi connectivity index (χ1) is 14.6. The number of aromatic nitrogens is 3. The molecule has 0 bridgehead atoms. The summed E-state index contributed by atoms with van der Waals surface area (Å²) in [5.74, 6) is 0.894. The van der Waals surface area contributed by atoms with Gasteiger partial charge in [0.15, 0.2) is 5.65 Å². The standard InChI is InChI=1S/C23H22BrN5O/c1-16-8-10-17(11-9-16)15-29-21(27-20-7-4-13-25-22(20)29)12-14-26-23(30)28-19-6-3-2-5-18(19)24/h2-11,13H,12,14-15H2,1H3,(H2,26,28,30). The van der Waals surface area contributed by atoms with Gasteiger partial charge in [0.1, 0.15) is 11.3 Å². The molecule has 4 aromatic rings. The van der Waals surface area contributed by atoms with Crippen LogP contribution in [0.3, 0.4) is 0 Å². The molecule has 0 spiro atoms. The summed E-state index contributed by atoms with van der Waals surface area (Å²) in [5, 5.41) is 5.75. The molecule has 0 unspecified atom stereocenters. The third-order valence-corrected chi connectivity index (χ3v) is 5.49. The number of hydrogen-bond donors (Lipinski definition) is 2. The summed E-state index contributed by atoms with van der Waals surface area (Å²) in [4.78, 5) is 21.5. The molecule has 6 nitrogen and oxygen atoms in total. The lowest BCUT2D eigenvalue weighted by molar-refractivity contribution is 0.252. The topological polar surface area (TPSA) is 71.8 Å². The fourth-order valence-corrected chi connectivity index (χ4v) is 3.64. The van der Waals surface area contributed by atoms with Gasteiger partial charge in [-0.3, -0.25) is 0 Å². The molecular formula is C23H22BrN5O. The van der Waals surface area contributed by atoms with Gasteiger partial charge < -0.3 is 15.2 Å². The second-order valence-corrected chi connectivity index (χ2v) is 7.91. The van der Waals surface area contributed by atoms with Crippen LogP contribution in [0, 0.1) is 6.92 Å². The number of para-hydroxylation sites is 1. The van der Waals surface area contributed by atoms with E-state index in [1.165, 1.54) is 11.1 Å². The van der Waals surface area contributed by atoms with E-state index in [2.05, 4.69) is 67.3 Å². The Morgan fingerprint density at radius 1 is 1.07 bits per heavy atom. The summed E-state index contributed by atoms with van der Waals surface area (Å²) in [5.41, 5.74) is 4.85. The molecule has 2 N–H and O–H groups in total. The van der Waals surface area contributed by atoms with E-state index in [1.807, 2.05) is 36.4 Å². The van der Waals surface area contributed by atoms with Crippen molar-refractivity contribution < 1.29 is 4.79 Å². The predicted molar refractivity (Wildman–Crippen MR) is 123 cm³/mol. The molecule has 0 aliphatic rings. The SMILES string of the molecule is Cc1ccc(Cn2c(CCNC(=O)Nc3ccccc3Br)nc3cccnc32)cc1. The van der Waals surface area contributed by atoms with Gasteiger partial charge in [-0.25, -0.2) is 14.8 Å². The Bertz CT molecular complexity index is 1170. The van der Waals surface area contributed by atoms with E-state index in [0.717, 1.165) is 27.1 Å². The maximum atomic E-state index is 12.3. The van der Waals surface area contributed by atoms with Crippen LogP contribution in [-0.4, -0.2) is 27.1 Å². The fourth-order valence-electron chi connectivity index (χ4n) is 3.26. The number of carbonyl (C=O) groups is 1. The summed E-state index contributed by atoms with van der Waals surface area (Å²) in [6.07, 6.45) is 2.38. The van der Waals surface area contributed by atoms with Crippen LogP contribution in [0.15, 0.2) is 71.3 Å². The first-order valence-electron chi connectivity index (χ1n) is 9.75. The fraction of sp³-hybridized carbons (Fsp3) is 0.174. The van der Waals surface area contributed by atoms with Crippen molar-refractivity contribution in [1.29, 1.82) is 0 Å². The molecule has 0 saturated carbocycles. The molecular weight excluding hydrogens is 442 g/mol. The van der Waals surface area contributed by atoms with Crippen molar-refractivity contribution in [2.45, 2.75) is 19.9 Å². The minimum Gasteiger partial charge on any atom is -0.337 e. The maximum absolute atomic E-state index is 12.3. The monoisotopic (exact) mass is 463 g/mol. The lowest BCUT2D eigenvalue weighted by Crippen LogP contribution is -2.31. The van der Waals surface area contributed by atoms with E-state index in [4.69, 9.17) is 4.98 Å². The molecule has 0 saturated heterocycles. The second kappa shape index (κ2) is 9.09. The van der Waals surface area contributed by atoms with E-state index < -0.39 is 0 Å². The zero-order valence-electron chi connectivity index (χ0n) is 16.6. The molecule has 0 aliphatic carbocycles. The number of fused-ring (bicyclic) bond motifs is 1. The smallest absolute Gasteiger partial charge is 0.319 e. The Labute approximate surface area is 183 Å². The van der Waals surface area contributed by atoms with Gasteiger partial charge in [-0.15, -0.1) is 0 Å². The van der Waals surface area contributed by atoms with E-state index in [9.17, 15) is 4.79 Å². The average molecular weight is 464 g/mol. The quantitative estimate of drug-likeness (QED) is 0.426. The van der Waals surface area contributed by atoms with Gasteiger partial charge in [-0.05, 0) is 52.7 Å². The number of rotatable bonds is 6. The summed E-state index contributed by atoms with van der Waals surface area (Å²) in [6.45, 7) is 3.23.